The molecule has 8 heteroatoms. The lowest BCUT2D eigenvalue weighted by atomic mass is 9.72. The van der Waals surface area contributed by atoms with Crippen molar-refractivity contribution in [2.24, 2.45) is 5.41 Å². The van der Waals surface area contributed by atoms with E-state index < -0.39 is 23.3 Å². The number of aliphatic carboxylic acids is 1. The summed E-state index contributed by atoms with van der Waals surface area (Å²) in [4.78, 5) is 33.8. The highest BCUT2D eigenvalue weighted by Crippen LogP contribution is 2.35. The van der Waals surface area contributed by atoms with E-state index >= 15 is 0 Å². The van der Waals surface area contributed by atoms with Crippen LogP contribution in [0.4, 0.5) is 4.39 Å². The van der Waals surface area contributed by atoms with Crippen molar-refractivity contribution in [3.8, 4) is 0 Å². The van der Waals surface area contributed by atoms with Crippen LogP contribution in [-0.4, -0.2) is 56.2 Å². The Morgan fingerprint density at radius 2 is 2.10 bits per heavy atom. The topological polar surface area (TPSA) is 107 Å². The summed E-state index contributed by atoms with van der Waals surface area (Å²) in [5.41, 5.74) is 0.682. The number of imidazole rings is 1. The molecule has 29 heavy (non-hydrogen) atoms. The number of hydrogen-bond donors (Lipinski definition) is 3. The van der Waals surface area contributed by atoms with Crippen LogP contribution in [0.1, 0.15) is 22.3 Å². The number of aliphatic hydroxyl groups excluding tert-OH is 1. The number of benzene rings is 2. The summed E-state index contributed by atoms with van der Waals surface area (Å²) in [5.74, 6) is -2.01. The minimum atomic E-state index is -1.61. The summed E-state index contributed by atoms with van der Waals surface area (Å²) in [5, 5.41) is 20.5. The largest absolute Gasteiger partial charge is 0.481 e. The molecular weight excluding hydrogens is 377 g/mol. The van der Waals surface area contributed by atoms with E-state index in [-0.39, 0.29) is 31.8 Å². The zero-order valence-corrected chi connectivity index (χ0v) is 15.5. The summed E-state index contributed by atoms with van der Waals surface area (Å²) in [6.07, 6.45) is 0.428. The van der Waals surface area contributed by atoms with E-state index in [1.165, 1.54) is 29.4 Å². The lowest BCUT2D eigenvalue weighted by molar-refractivity contribution is -0.161. The van der Waals surface area contributed by atoms with Gasteiger partial charge in [-0.15, -0.1) is 0 Å². The number of carbonyl (C=O) groups excluding carboxylic acids is 1. The molecular formula is C21H20FN3O4. The highest BCUT2D eigenvalue weighted by Gasteiger charge is 2.50. The van der Waals surface area contributed by atoms with Gasteiger partial charge in [-0.3, -0.25) is 9.59 Å². The summed E-state index contributed by atoms with van der Waals surface area (Å²) >= 11 is 0. The second-order valence-corrected chi connectivity index (χ2v) is 7.43. The fourth-order valence-electron chi connectivity index (χ4n) is 3.97. The number of fused-ring (bicyclic) bond motifs is 1. The number of H-pyrrole nitrogens is 1. The Labute approximate surface area is 165 Å². The third kappa shape index (κ3) is 3.47. The Balaban J connectivity index is 1.64. The molecule has 0 spiro atoms. The number of rotatable bonds is 4. The molecule has 1 aliphatic heterocycles. The van der Waals surface area contributed by atoms with Crippen LogP contribution in [0.15, 0.2) is 48.8 Å². The number of halogens is 1. The first kappa shape index (κ1) is 19.1. The molecule has 7 nitrogen and oxygen atoms in total. The van der Waals surface area contributed by atoms with E-state index in [9.17, 15) is 24.2 Å². The monoisotopic (exact) mass is 397 g/mol. The quantitative estimate of drug-likeness (QED) is 0.626. The first-order valence-electron chi connectivity index (χ1n) is 9.27. The van der Waals surface area contributed by atoms with Gasteiger partial charge in [0.25, 0.3) is 5.91 Å². The average molecular weight is 397 g/mol. The smallest absolute Gasteiger partial charge is 0.314 e. The van der Waals surface area contributed by atoms with Crippen LogP contribution in [-0.2, 0) is 11.2 Å². The van der Waals surface area contributed by atoms with Gasteiger partial charge in [0.1, 0.15) is 11.2 Å². The minimum Gasteiger partial charge on any atom is -0.481 e. The zero-order chi connectivity index (χ0) is 20.6. The third-order valence-electron chi connectivity index (χ3n) is 5.57. The molecule has 4 rings (SSSR count). The third-order valence-corrected chi connectivity index (χ3v) is 5.57. The first-order valence-corrected chi connectivity index (χ1v) is 9.27. The van der Waals surface area contributed by atoms with Crippen LogP contribution in [0.25, 0.3) is 11.0 Å². The highest BCUT2D eigenvalue weighted by atomic mass is 19.1. The molecule has 1 fully saturated rings. The van der Waals surface area contributed by atoms with E-state index in [0.29, 0.717) is 16.6 Å². The van der Waals surface area contributed by atoms with Crippen LogP contribution in [0, 0.1) is 11.2 Å². The van der Waals surface area contributed by atoms with Gasteiger partial charge < -0.3 is 20.1 Å². The Morgan fingerprint density at radius 3 is 2.86 bits per heavy atom. The lowest BCUT2D eigenvalue weighted by Crippen LogP contribution is -2.58. The number of piperidine rings is 1. The van der Waals surface area contributed by atoms with Crippen LogP contribution >= 0.6 is 0 Å². The van der Waals surface area contributed by atoms with Crippen molar-refractivity contribution in [1.29, 1.82) is 0 Å². The van der Waals surface area contributed by atoms with Gasteiger partial charge in [-0.25, -0.2) is 9.37 Å². The average Bonchev–Trinajstić information content (AvgIpc) is 3.17. The highest BCUT2D eigenvalue weighted by molar-refractivity contribution is 5.97. The number of aromatic amines is 1. The summed E-state index contributed by atoms with van der Waals surface area (Å²) < 4.78 is 13.6. The van der Waals surface area contributed by atoms with E-state index in [4.69, 9.17) is 0 Å². The van der Waals surface area contributed by atoms with Crippen LogP contribution in [0.5, 0.6) is 0 Å². The Kier molecular flexibility index (Phi) is 4.79. The van der Waals surface area contributed by atoms with Gasteiger partial charge in [0.2, 0.25) is 0 Å². The molecule has 3 aromatic rings. The van der Waals surface area contributed by atoms with E-state index in [1.54, 1.807) is 24.3 Å². The molecule has 150 valence electrons. The second kappa shape index (κ2) is 7.29. The number of likely N-dealkylation sites (tertiary alicyclic amines) is 1. The summed E-state index contributed by atoms with van der Waals surface area (Å²) in [7, 11) is 0. The minimum absolute atomic E-state index is 0.0787. The van der Waals surface area contributed by atoms with Crippen molar-refractivity contribution in [2.75, 3.05) is 13.1 Å². The lowest BCUT2D eigenvalue weighted by Gasteiger charge is -2.43. The molecule has 2 heterocycles. The number of amides is 1. The second-order valence-electron chi connectivity index (χ2n) is 7.43. The molecule has 2 atom stereocenters. The predicted octanol–water partition coefficient (Wildman–Crippen LogP) is 2.22. The molecule has 1 amide bonds. The van der Waals surface area contributed by atoms with Crippen molar-refractivity contribution in [3.05, 3.63) is 65.7 Å². The van der Waals surface area contributed by atoms with Gasteiger partial charge in [-0.1, -0.05) is 12.1 Å². The maximum Gasteiger partial charge on any atom is 0.314 e. The normalized spacial score (nSPS) is 22.0. The molecule has 1 aromatic heterocycles. The molecule has 0 radical (unpaired) electrons. The van der Waals surface area contributed by atoms with Gasteiger partial charge in [-0.05, 0) is 48.7 Å². The van der Waals surface area contributed by atoms with Crippen molar-refractivity contribution in [3.63, 3.8) is 0 Å². The van der Waals surface area contributed by atoms with Crippen LogP contribution in [0.2, 0.25) is 0 Å². The number of carboxylic acid groups (broad SMARTS) is 1. The number of nitrogens with one attached hydrogen (secondary N) is 1. The number of carbonyl (C=O) groups is 2. The summed E-state index contributed by atoms with van der Waals surface area (Å²) in [6.45, 7) is 0.0685. The first-order chi connectivity index (χ1) is 13.9. The van der Waals surface area contributed by atoms with E-state index in [2.05, 4.69) is 9.97 Å². The molecule has 2 aromatic carbocycles. The zero-order valence-electron chi connectivity index (χ0n) is 15.5. The SMILES string of the molecule is O=C(c1ccc2nc[nH]c2c1)N1CC[C@H](O)[C@](Cc2cccc(F)c2)(C(=O)O)C1. The molecule has 1 saturated heterocycles. The van der Waals surface area contributed by atoms with Gasteiger partial charge >= 0.3 is 5.97 Å². The van der Waals surface area contributed by atoms with E-state index in [1.807, 2.05) is 0 Å². The van der Waals surface area contributed by atoms with Gasteiger partial charge in [-0.2, -0.15) is 0 Å². The maximum absolute atomic E-state index is 13.6. The Hall–Kier alpha value is -3.26. The van der Waals surface area contributed by atoms with Crippen LogP contribution in [0.3, 0.4) is 0 Å². The van der Waals surface area contributed by atoms with Gasteiger partial charge in [0, 0.05) is 18.7 Å². The standard InChI is InChI=1S/C21H20FN3O4/c22-15-3-1-2-13(8-15)10-21(20(28)29)11-25(7-6-18(21)26)19(27)14-4-5-16-17(9-14)24-12-23-16/h1-5,8-9,12,18,26H,6-7,10-11H2,(H,23,24)(H,28,29)/t18-,21+/m0/s1. The maximum atomic E-state index is 13.6. The van der Waals surface area contributed by atoms with Gasteiger partial charge in [0.15, 0.2) is 0 Å². The number of hydrogen-bond acceptors (Lipinski definition) is 4. The molecule has 0 unspecified atom stereocenters. The molecule has 3 N–H and O–H groups in total. The predicted molar refractivity (Wildman–Crippen MR) is 103 cm³/mol. The number of nitrogens with zero attached hydrogens (tertiary/aromatic N) is 2. The molecule has 1 aliphatic rings. The number of aromatic nitrogens is 2. The molecule has 0 saturated carbocycles. The number of carboxylic acids is 1. The van der Waals surface area contributed by atoms with Crippen molar-refractivity contribution in [1.82, 2.24) is 14.9 Å². The van der Waals surface area contributed by atoms with Gasteiger partial charge in [0.05, 0.1) is 23.5 Å². The van der Waals surface area contributed by atoms with Crippen molar-refractivity contribution >= 4 is 22.9 Å². The van der Waals surface area contributed by atoms with E-state index in [0.717, 1.165) is 5.52 Å². The molecule has 0 aliphatic carbocycles. The van der Waals surface area contributed by atoms with Crippen molar-refractivity contribution in [2.45, 2.75) is 18.9 Å². The fourth-order valence-corrected chi connectivity index (χ4v) is 3.97. The Bertz CT molecular complexity index is 1080. The Morgan fingerprint density at radius 1 is 1.28 bits per heavy atom. The van der Waals surface area contributed by atoms with Crippen LogP contribution < -0.4 is 0 Å². The fraction of sp³-hybridized carbons (Fsp3) is 0.286. The van der Waals surface area contributed by atoms with Crippen molar-refractivity contribution < 1.29 is 24.2 Å². The molecule has 0 bridgehead atoms. The number of aliphatic hydroxyl groups is 1. The summed E-state index contributed by atoms with van der Waals surface area (Å²) in [6, 6.07) is 10.7.